The molecule has 0 fully saturated rings. The van der Waals surface area contributed by atoms with Gasteiger partial charge in [-0.1, -0.05) is 50.5 Å². The van der Waals surface area contributed by atoms with Crippen molar-refractivity contribution in [2.75, 3.05) is 0 Å². The van der Waals surface area contributed by atoms with Crippen LogP contribution in [-0.4, -0.2) is 16.6 Å². The van der Waals surface area contributed by atoms with Crippen molar-refractivity contribution in [1.82, 2.24) is 10.4 Å². The second kappa shape index (κ2) is 9.60. The quantitative estimate of drug-likeness (QED) is 0.446. The Balaban J connectivity index is 1.89. The molecule has 1 aromatic heterocycles. The summed E-state index contributed by atoms with van der Waals surface area (Å²) < 4.78 is 0. The first-order valence-corrected chi connectivity index (χ1v) is 8.54. The number of unbranched alkanes of at least 4 members (excludes halogenated alkanes) is 3. The Morgan fingerprint density at radius 1 is 1.08 bits per heavy atom. The maximum Gasteiger partial charge on any atom is 0.272 e. The maximum absolute atomic E-state index is 11.9. The maximum atomic E-state index is 11.9. The van der Waals surface area contributed by atoms with Gasteiger partial charge in [0.15, 0.2) is 0 Å². The topological polar surface area (TPSA) is 54.4 Å². The number of nitrogens with zero attached hydrogens (tertiary/aromatic N) is 2. The van der Waals surface area contributed by atoms with E-state index in [1.54, 1.807) is 18.3 Å². The average molecular weight is 323 g/mol. The van der Waals surface area contributed by atoms with Gasteiger partial charge >= 0.3 is 0 Å². The number of rotatable bonds is 8. The van der Waals surface area contributed by atoms with Crippen LogP contribution in [-0.2, 0) is 6.42 Å². The van der Waals surface area contributed by atoms with E-state index < -0.39 is 0 Å². The molecule has 0 unspecified atom stereocenters. The number of benzene rings is 1. The number of carbonyl (C=O) groups is 1. The monoisotopic (exact) mass is 323 g/mol. The van der Waals surface area contributed by atoms with Crippen LogP contribution in [0, 0.1) is 0 Å². The fourth-order valence-electron chi connectivity index (χ4n) is 2.43. The third-order valence-electron chi connectivity index (χ3n) is 3.94. The minimum Gasteiger partial charge on any atom is -0.267 e. The minimum absolute atomic E-state index is 0.255. The number of pyridine rings is 1. The summed E-state index contributed by atoms with van der Waals surface area (Å²) in [4.78, 5) is 15.9. The van der Waals surface area contributed by atoms with Gasteiger partial charge in [0, 0.05) is 12.4 Å². The summed E-state index contributed by atoms with van der Waals surface area (Å²) in [5.41, 5.74) is 6.21. The number of carbonyl (C=O) groups excluding carboxylic acids is 1. The third-order valence-corrected chi connectivity index (χ3v) is 3.94. The van der Waals surface area contributed by atoms with E-state index in [9.17, 15) is 4.79 Å². The lowest BCUT2D eigenvalue weighted by molar-refractivity contribution is 0.0954. The molecule has 0 bridgehead atoms. The number of hydrazone groups is 1. The van der Waals surface area contributed by atoms with Gasteiger partial charge in [-0.3, -0.25) is 9.78 Å². The van der Waals surface area contributed by atoms with Crippen molar-refractivity contribution in [1.29, 1.82) is 0 Å². The van der Waals surface area contributed by atoms with E-state index in [4.69, 9.17) is 0 Å². The van der Waals surface area contributed by atoms with E-state index in [0.29, 0.717) is 5.56 Å². The van der Waals surface area contributed by atoms with E-state index in [-0.39, 0.29) is 5.91 Å². The first kappa shape index (κ1) is 17.9. The van der Waals surface area contributed by atoms with Gasteiger partial charge in [-0.2, -0.15) is 5.10 Å². The van der Waals surface area contributed by atoms with Gasteiger partial charge in [0.1, 0.15) is 0 Å². The number of aromatic nitrogens is 1. The van der Waals surface area contributed by atoms with Gasteiger partial charge in [0.05, 0.1) is 11.3 Å². The Labute approximate surface area is 144 Å². The molecular weight excluding hydrogens is 298 g/mol. The molecule has 0 aliphatic rings. The number of amides is 1. The molecule has 0 radical (unpaired) electrons. The van der Waals surface area contributed by atoms with Crippen molar-refractivity contribution in [2.24, 2.45) is 5.10 Å². The summed E-state index contributed by atoms with van der Waals surface area (Å²) in [7, 11) is 0. The lowest BCUT2D eigenvalue weighted by Crippen LogP contribution is -2.19. The summed E-state index contributed by atoms with van der Waals surface area (Å²) in [6.45, 7) is 4.11. The highest BCUT2D eigenvalue weighted by atomic mass is 16.2. The molecule has 1 aromatic carbocycles. The largest absolute Gasteiger partial charge is 0.272 e. The van der Waals surface area contributed by atoms with Crippen LogP contribution in [0.1, 0.15) is 61.0 Å². The van der Waals surface area contributed by atoms with Gasteiger partial charge in [-0.05, 0) is 43.0 Å². The molecule has 0 spiro atoms. The SMILES string of the molecule is CCCCCCc1ccc(/C(C)=N\NC(=O)c2cccnc2)cc1. The Hall–Kier alpha value is -2.49. The van der Waals surface area contributed by atoms with E-state index >= 15 is 0 Å². The molecule has 0 saturated heterocycles. The number of aryl methyl sites for hydroxylation is 1. The van der Waals surface area contributed by atoms with Gasteiger partial charge in [0.25, 0.3) is 5.91 Å². The van der Waals surface area contributed by atoms with Crippen molar-refractivity contribution in [3.8, 4) is 0 Å². The second-order valence-electron chi connectivity index (χ2n) is 5.89. The molecule has 1 N–H and O–H groups in total. The second-order valence-corrected chi connectivity index (χ2v) is 5.89. The van der Waals surface area contributed by atoms with Crippen molar-refractivity contribution < 1.29 is 4.79 Å². The molecule has 0 saturated carbocycles. The summed E-state index contributed by atoms with van der Waals surface area (Å²) in [5.74, 6) is -0.255. The highest BCUT2D eigenvalue weighted by Crippen LogP contribution is 2.10. The fraction of sp³-hybridized carbons (Fsp3) is 0.350. The number of hydrogen-bond acceptors (Lipinski definition) is 3. The summed E-state index contributed by atoms with van der Waals surface area (Å²) in [6.07, 6.45) is 9.37. The lowest BCUT2D eigenvalue weighted by Gasteiger charge is -2.05. The van der Waals surface area contributed by atoms with Crippen LogP contribution in [0.5, 0.6) is 0 Å². The summed E-state index contributed by atoms with van der Waals surface area (Å²) in [6, 6.07) is 11.8. The van der Waals surface area contributed by atoms with E-state index in [1.165, 1.54) is 37.4 Å². The van der Waals surface area contributed by atoms with Crippen LogP contribution in [0.25, 0.3) is 0 Å². The molecule has 4 nitrogen and oxygen atoms in total. The minimum atomic E-state index is -0.255. The van der Waals surface area contributed by atoms with Gasteiger partial charge in [-0.15, -0.1) is 0 Å². The lowest BCUT2D eigenvalue weighted by atomic mass is 10.0. The molecular formula is C20H25N3O. The molecule has 1 heterocycles. The van der Waals surface area contributed by atoms with Gasteiger partial charge in [0.2, 0.25) is 0 Å². The molecule has 0 atom stereocenters. The predicted molar refractivity (Wildman–Crippen MR) is 98.2 cm³/mol. The van der Waals surface area contributed by atoms with Crippen LogP contribution in [0.4, 0.5) is 0 Å². The van der Waals surface area contributed by atoms with Crippen LogP contribution < -0.4 is 5.43 Å². The van der Waals surface area contributed by atoms with Crippen LogP contribution in [0.3, 0.4) is 0 Å². The first-order chi connectivity index (χ1) is 11.7. The van der Waals surface area contributed by atoms with Crippen molar-refractivity contribution >= 4 is 11.6 Å². The zero-order valence-electron chi connectivity index (χ0n) is 14.5. The van der Waals surface area contributed by atoms with Crippen LogP contribution in [0.15, 0.2) is 53.9 Å². The Kier molecular flexibility index (Phi) is 7.15. The molecule has 2 rings (SSSR count). The highest BCUT2D eigenvalue weighted by molar-refractivity contribution is 6.00. The van der Waals surface area contributed by atoms with Crippen molar-refractivity contribution in [3.63, 3.8) is 0 Å². The normalized spacial score (nSPS) is 11.3. The zero-order chi connectivity index (χ0) is 17.2. The molecule has 1 amide bonds. The molecule has 0 aliphatic carbocycles. The van der Waals surface area contributed by atoms with Crippen molar-refractivity contribution in [2.45, 2.75) is 46.0 Å². The Morgan fingerprint density at radius 2 is 1.88 bits per heavy atom. The Morgan fingerprint density at radius 3 is 2.54 bits per heavy atom. The number of nitrogens with one attached hydrogen (secondary N) is 1. The van der Waals surface area contributed by atoms with Crippen LogP contribution in [0.2, 0.25) is 0 Å². The molecule has 0 aliphatic heterocycles. The summed E-state index contributed by atoms with van der Waals surface area (Å²) >= 11 is 0. The third kappa shape index (κ3) is 5.61. The highest BCUT2D eigenvalue weighted by Gasteiger charge is 2.04. The van der Waals surface area contributed by atoms with Crippen LogP contribution >= 0.6 is 0 Å². The Bertz CT molecular complexity index is 663. The number of hydrogen-bond donors (Lipinski definition) is 1. The first-order valence-electron chi connectivity index (χ1n) is 8.54. The molecule has 4 heteroatoms. The molecule has 126 valence electrons. The van der Waals surface area contributed by atoms with Gasteiger partial charge < -0.3 is 0 Å². The van der Waals surface area contributed by atoms with E-state index in [0.717, 1.165) is 17.7 Å². The van der Waals surface area contributed by atoms with Crippen molar-refractivity contribution in [3.05, 3.63) is 65.5 Å². The molecule has 2 aromatic rings. The summed E-state index contributed by atoms with van der Waals surface area (Å²) in [5, 5.41) is 4.18. The van der Waals surface area contributed by atoms with E-state index in [1.807, 2.05) is 6.92 Å². The zero-order valence-corrected chi connectivity index (χ0v) is 14.5. The smallest absolute Gasteiger partial charge is 0.267 e. The molecule has 24 heavy (non-hydrogen) atoms. The predicted octanol–water partition coefficient (Wildman–Crippen LogP) is 4.36. The van der Waals surface area contributed by atoms with E-state index in [2.05, 4.69) is 46.7 Å². The standard InChI is InChI=1S/C20H25N3O/c1-3-4-5-6-8-17-10-12-18(13-11-17)16(2)22-23-20(24)19-9-7-14-21-15-19/h7,9-15H,3-6,8H2,1-2H3,(H,23,24)/b22-16-. The fourth-order valence-corrected chi connectivity index (χ4v) is 2.43. The average Bonchev–Trinajstić information content (AvgIpc) is 2.64. The van der Waals surface area contributed by atoms with Gasteiger partial charge in [-0.25, -0.2) is 5.43 Å².